The summed E-state index contributed by atoms with van der Waals surface area (Å²) in [7, 11) is 1.61. The third-order valence-corrected chi connectivity index (χ3v) is 3.21. The second-order valence-corrected chi connectivity index (χ2v) is 4.53. The molecule has 0 spiro atoms. The summed E-state index contributed by atoms with van der Waals surface area (Å²) in [5.41, 5.74) is 3.36. The van der Waals surface area contributed by atoms with Gasteiger partial charge in [-0.15, -0.1) is 0 Å². The summed E-state index contributed by atoms with van der Waals surface area (Å²) in [5, 5.41) is 0.631. The fourth-order valence-corrected chi connectivity index (χ4v) is 2.28. The van der Waals surface area contributed by atoms with Crippen molar-refractivity contribution in [2.75, 3.05) is 7.11 Å². The molecule has 2 aromatic rings. The van der Waals surface area contributed by atoms with E-state index in [0.717, 1.165) is 29.1 Å². The molecule has 0 saturated heterocycles. The Kier molecular flexibility index (Phi) is 3.43. The molecule has 94 valence electrons. The number of aldehydes is 1. The predicted octanol–water partition coefficient (Wildman–Crippen LogP) is 3.57. The molecule has 3 nitrogen and oxygen atoms in total. The molecule has 1 aromatic carbocycles. The monoisotopic (exact) mass is 263 g/mol. The van der Waals surface area contributed by atoms with Crippen LogP contribution < -0.4 is 4.74 Å². The van der Waals surface area contributed by atoms with Gasteiger partial charge in [0.05, 0.1) is 12.8 Å². The number of aromatic nitrogens is 1. The van der Waals surface area contributed by atoms with E-state index in [0.29, 0.717) is 10.6 Å². The van der Waals surface area contributed by atoms with Gasteiger partial charge in [-0.3, -0.25) is 4.79 Å². The van der Waals surface area contributed by atoms with Gasteiger partial charge >= 0.3 is 0 Å². The summed E-state index contributed by atoms with van der Waals surface area (Å²) < 4.78 is 7.31. The van der Waals surface area contributed by atoms with E-state index in [4.69, 9.17) is 16.3 Å². The molecule has 0 bridgehead atoms. The Bertz CT molecular complexity index is 602. The summed E-state index contributed by atoms with van der Waals surface area (Å²) in [4.78, 5) is 11.0. The van der Waals surface area contributed by atoms with Crippen LogP contribution in [0.1, 0.15) is 21.7 Å². The first-order valence-electron chi connectivity index (χ1n) is 5.56. The molecule has 0 atom stereocenters. The molecule has 0 unspecified atom stereocenters. The van der Waals surface area contributed by atoms with Crippen LogP contribution in [0.3, 0.4) is 0 Å². The van der Waals surface area contributed by atoms with E-state index in [-0.39, 0.29) is 0 Å². The molecule has 0 amide bonds. The van der Waals surface area contributed by atoms with Crippen LogP contribution in [-0.2, 0) is 0 Å². The number of nitrogens with zero attached hydrogens (tertiary/aromatic N) is 1. The Morgan fingerprint density at radius 1 is 1.28 bits per heavy atom. The number of carbonyl (C=O) groups is 1. The predicted molar refractivity (Wildman–Crippen MR) is 72.2 cm³/mol. The standard InChI is InChI=1S/C14H14ClNO2/c1-9-6-11(8-17)10(2)16(9)13-7-12(15)4-5-14(13)18-3/h4-8H,1-3H3. The molecule has 1 aromatic heterocycles. The molecule has 0 aliphatic carbocycles. The van der Waals surface area contributed by atoms with Crippen LogP contribution in [0.4, 0.5) is 0 Å². The van der Waals surface area contributed by atoms with Gasteiger partial charge in [0.25, 0.3) is 0 Å². The maximum atomic E-state index is 11.0. The molecule has 0 radical (unpaired) electrons. The SMILES string of the molecule is COc1ccc(Cl)cc1-n1c(C)cc(C=O)c1C. The molecule has 2 rings (SSSR count). The first kappa shape index (κ1) is 12.7. The summed E-state index contributed by atoms with van der Waals surface area (Å²) in [6.45, 7) is 3.84. The Hall–Kier alpha value is -1.74. The maximum Gasteiger partial charge on any atom is 0.151 e. The van der Waals surface area contributed by atoms with Crippen molar-refractivity contribution in [3.8, 4) is 11.4 Å². The van der Waals surface area contributed by atoms with E-state index >= 15 is 0 Å². The average molecular weight is 264 g/mol. The third kappa shape index (κ3) is 2.02. The lowest BCUT2D eigenvalue weighted by Crippen LogP contribution is -2.02. The van der Waals surface area contributed by atoms with E-state index in [9.17, 15) is 4.79 Å². The van der Waals surface area contributed by atoms with Crippen molar-refractivity contribution >= 4 is 17.9 Å². The van der Waals surface area contributed by atoms with Crippen molar-refractivity contribution in [2.45, 2.75) is 13.8 Å². The Balaban J connectivity index is 2.72. The smallest absolute Gasteiger partial charge is 0.151 e. The zero-order valence-corrected chi connectivity index (χ0v) is 11.3. The zero-order chi connectivity index (χ0) is 13.3. The summed E-state index contributed by atoms with van der Waals surface area (Å²) in [5.74, 6) is 0.721. The van der Waals surface area contributed by atoms with Crippen molar-refractivity contribution in [3.05, 3.63) is 46.2 Å². The number of carbonyl (C=O) groups excluding carboxylic acids is 1. The summed E-state index contributed by atoms with van der Waals surface area (Å²) in [6.07, 6.45) is 0.857. The molecular weight excluding hydrogens is 250 g/mol. The van der Waals surface area contributed by atoms with Gasteiger partial charge in [-0.1, -0.05) is 11.6 Å². The lowest BCUT2D eigenvalue weighted by Gasteiger charge is -2.14. The second-order valence-electron chi connectivity index (χ2n) is 4.10. The first-order valence-corrected chi connectivity index (χ1v) is 5.94. The zero-order valence-electron chi connectivity index (χ0n) is 10.5. The summed E-state index contributed by atoms with van der Waals surface area (Å²) >= 11 is 6.03. The average Bonchev–Trinajstić information content (AvgIpc) is 2.64. The van der Waals surface area contributed by atoms with Crippen LogP contribution in [-0.4, -0.2) is 18.0 Å². The Morgan fingerprint density at radius 3 is 2.56 bits per heavy atom. The van der Waals surface area contributed by atoms with E-state index in [1.807, 2.05) is 36.6 Å². The molecular formula is C14H14ClNO2. The van der Waals surface area contributed by atoms with Gasteiger partial charge in [0, 0.05) is 22.0 Å². The number of rotatable bonds is 3. The van der Waals surface area contributed by atoms with Crippen LogP contribution in [0.2, 0.25) is 5.02 Å². The molecule has 0 saturated carbocycles. The highest BCUT2D eigenvalue weighted by Gasteiger charge is 2.14. The van der Waals surface area contributed by atoms with Crippen molar-refractivity contribution < 1.29 is 9.53 Å². The molecule has 0 fully saturated rings. The van der Waals surface area contributed by atoms with E-state index in [2.05, 4.69) is 0 Å². The van der Waals surface area contributed by atoms with Gasteiger partial charge in [-0.2, -0.15) is 0 Å². The van der Waals surface area contributed by atoms with Crippen molar-refractivity contribution in [3.63, 3.8) is 0 Å². The topological polar surface area (TPSA) is 31.2 Å². The first-order chi connectivity index (χ1) is 8.58. The number of hydrogen-bond donors (Lipinski definition) is 0. The van der Waals surface area contributed by atoms with Crippen LogP contribution in [0.25, 0.3) is 5.69 Å². The maximum absolute atomic E-state index is 11.0. The number of benzene rings is 1. The molecule has 0 N–H and O–H groups in total. The quantitative estimate of drug-likeness (QED) is 0.793. The second kappa shape index (κ2) is 4.86. The Morgan fingerprint density at radius 2 is 2.00 bits per heavy atom. The van der Waals surface area contributed by atoms with E-state index < -0.39 is 0 Å². The number of methoxy groups -OCH3 is 1. The molecule has 0 aliphatic rings. The van der Waals surface area contributed by atoms with Crippen LogP contribution in [0.5, 0.6) is 5.75 Å². The third-order valence-electron chi connectivity index (χ3n) is 2.98. The van der Waals surface area contributed by atoms with Crippen molar-refractivity contribution in [1.29, 1.82) is 0 Å². The minimum atomic E-state index is 0.631. The number of aryl methyl sites for hydroxylation is 1. The highest BCUT2D eigenvalue weighted by atomic mass is 35.5. The van der Waals surface area contributed by atoms with Crippen LogP contribution in [0.15, 0.2) is 24.3 Å². The summed E-state index contributed by atoms with van der Waals surface area (Å²) in [6, 6.07) is 7.27. The molecule has 1 heterocycles. The van der Waals surface area contributed by atoms with Crippen LogP contribution >= 0.6 is 11.6 Å². The largest absolute Gasteiger partial charge is 0.495 e. The van der Waals surface area contributed by atoms with Gasteiger partial charge in [0.2, 0.25) is 0 Å². The van der Waals surface area contributed by atoms with Gasteiger partial charge < -0.3 is 9.30 Å². The minimum Gasteiger partial charge on any atom is -0.495 e. The Labute approximate surface area is 111 Å². The molecule has 4 heteroatoms. The normalized spacial score (nSPS) is 10.4. The van der Waals surface area contributed by atoms with Crippen LogP contribution in [0, 0.1) is 13.8 Å². The van der Waals surface area contributed by atoms with Crippen molar-refractivity contribution in [1.82, 2.24) is 4.57 Å². The molecule has 18 heavy (non-hydrogen) atoms. The van der Waals surface area contributed by atoms with E-state index in [1.54, 1.807) is 13.2 Å². The highest BCUT2D eigenvalue weighted by Crippen LogP contribution is 2.30. The van der Waals surface area contributed by atoms with E-state index in [1.165, 1.54) is 0 Å². The highest BCUT2D eigenvalue weighted by molar-refractivity contribution is 6.30. The lowest BCUT2D eigenvalue weighted by atomic mass is 10.2. The van der Waals surface area contributed by atoms with Gasteiger partial charge in [0.15, 0.2) is 6.29 Å². The fraction of sp³-hybridized carbons (Fsp3) is 0.214. The number of hydrogen-bond acceptors (Lipinski definition) is 2. The van der Waals surface area contributed by atoms with Gasteiger partial charge in [-0.25, -0.2) is 0 Å². The lowest BCUT2D eigenvalue weighted by molar-refractivity contribution is 0.112. The van der Waals surface area contributed by atoms with Gasteiger partial charge in [0.1, 0.15) is 5.75 Å². The minimum absolute atomic E-state index is 0.631. The molecule has 0 aliphatic heterocycles. The number of ether oxygens (including phenoxy) is 1. The van der Waals surface area contributed by atoms with Crippen molar-refractivity contribution in [2.24, 2.45) is 0 Å². The fourth-order valence-electron chi connectivity index (χ4n) is 2.12. The van der Waals surface area contributed by atoms with Gasteiger partial charge in [-0.05, 0) is 38.1 Å². The number of halogens is 1.